The van der Waals surface area contributed by atoms with E-state index in [9.17, 15) is 19.2 Å². The van der Waals surface area contributed by atoms with E-state index in [-0.39, 0.29) is 12.5 Å². The predicted octanol–water partition coefficient (Wildman–Crippen LogP) is 0.950. The van der Waals surface area contributed by atoms with Crippen LogP contribution >= 0.6 is 11.3 Å². The van der Waals surface area contributed by atoms with Crippen molar-refractivity contribution in [2.75, 3.05) is 19.7 Å². The van der Waals surface area contributed by atoms with Crippen molar-refractivity contribution in [1.82, 2.24) is 10.2 Å². The van der Waals surface area contributed by atoms with Crippen molar-refractivity contribution in [1.29, 1.82) is 0 Å². The molecule has 0 aromatic carbocycles. The Labute approximate surface area is 137 Å². The second-order valence-corrected chi connectivity index (χ2v) is 6.09. The maximum Gasteiger partial charge on any atom is 0.326 e. The minimum absolute atomic E-state index is 0.0724. The van der Waals surface area contributed by atoms with Crippen LogP contribution in [-0.2, 0) is 19.1 Å². The minimum atomic E-state index is -0.695. The van der Waals surface area contributed by atoms with Crippen LogP contribution in [0.1, 0.15) is 35.4 Å². The average Bonchev–Trinajstić information content (AvgIpc) is 2.98. The maximum atomic E-state index is 11.8. The molecule has 1 aliphatic heterocycles. The van der Waals surface area contributed by atoms with Crippen LogP contribution < -0.4 is 5.32 Å². The molecule has 3 amide bonds. The van der Waals surface area contributed by atoms with Gasteiger partial charge in [-0.1, -0.05) is 12.5 Å². The fourth-order valence-electron chi connectivity index (χ4n) is 2.19. The number of nitrogens with one attached hydrogen (secondary N) is 1. The monoisotopic (exact) mass is 338 g/mol. The van der Waals surface area contributed by atoms with E-state index in [1.807, 2.05) is 0 Å². The summed E-state index contributed by atoms with van der Waals surface area (Å²) in [7, 11) is 0. The lowest BCUT2D eigenvalue weighted by atomic mass is 10.2. The quantitative estimate of drug-likeness (QED) is 0.807. The molecule has 0 saturated carbocycles. The molecule has 7 nitrogen and oxygen atoms in total. The molecule has 0 spiro atoms. The highest BCUT2D eigenvalue weighted by atomic mass is 32.1. The molecule has 1 aromatic rings. The van der Waals surface area contributed by atoms with Gasteiger partial charge < -0.3 is 9.64 Å². The van der Waals surface area contributed by atoms with E-state index in [0.29, 0.717) is 17.8 Å². The van der Waals surface area contributed by atoms with E-state index in [4.69, 9.17) is 4.74 Å². The zero-order chi connectivity index (χ0) is 16.7. The van der Waals surface area contributed by atoms with Crippen LogP contribution in [-0.4, -0.2) is 48.3 Å². The van der Waals surface area contributed by atoms with Gasteiger partial charge in [0, 0.05) is 13.0 Å². The molecule has 0 aliphatic carbocycles. The van der Waals surface area contributed by atoms with Gasteiger partial charge in [-0.15, -0.1) is 11.3 Å². The van der Waals surface area contributed by atoms with E-state index >= 15 is 0 Å². The molecule has 0 bridgehead atoms. The van der Waals surface area contributed by atoms with Crippen LogP contribution in [0.5, 0.6) is 0 Å². The Hall–Kier alpha value is -2.22. The third-order valence-corrected chi connectivity index (χ3v) is 4.22. The number of amides is 3. The Bertz CT molecular complexity index is 585. The van der Waals surface area contributed by atoms with Crippen molar-refractivity contribution in [2.24, 2.45) is 0 Å². The van der Waals surface area contributed by atoms with Crippen molar-refractivity contribution in [2.45, 2.75) is 25.7 Å². The summed E-state index contributed by atoms with van der Waals surface area (Å²) in [5.74, 6) is -1.95. The number of hydrogen-bond donors (Lipinski definition) is 1. The number of ether oxygens (including phenoxy) is 1. The zero-order valence-electron chi connectivity index (χ0n) is 12.6. The summed E-state index contributed by atoms with van der Waals surface area (Å²) in [6, 6.07) is 3.28. The fourth-order valence-corrected chi connectivity index (χ4v) is 2.80. The van der Waals surface area contributed by atoms with Crippen LogP contribution in [0.2, 0.25) is 0 Å². The third kappa shape index (κ3) is 5.48. The summed E-state index contributed by atoms with van der Waals surface area (Å²) >= 11 is 1.21. The van der Waals surface area contributed by atoms with Gasteiger partial charge in [0.1, 0.15) is 6.54 Å². The molecule has 23 heavy (non-hydrogen) atoms. The first-order valence-electron chi connectivity index (χ1n) is 7.37. The number of carbonyl (C=O) groups excluding carboxylic acids is 4. The third-order valence-electron chi connectivity index (χ3n) is 3.35. The molecule has 0 atom stereocenters. The first-order chi connectivity index (χ1) is 11.1. The predicted molar refractivity (Wildman–Crippen MR) is 82.8 cm³/mol. The normalized spacial score (nSPS) is 15.0. The van der Waals surface area contributed by atoms with E-state index in [0.717, 1.165) is 19.3 Å². The summed E-state index contributed by atoms with van der Waals surface area (Å²) in [5.41, 5.74) is 0. The molecule has 0 unspecified atom stereocenters. The van der Waals surface area contributed by atoms with Crippen molar-refractivity contribution in [3.05, 3.63) is 22.4 Å². The zero-order valence-corrected chi connectivity index (χ0v) is 13.4. The first kappa shape index (κ1) is 17.1. The maximum absolute atomic E-state index is 11.8. The SMILES string of the molecule is O=C(COC(=O)CN1CCCCCC1=O)NC(=O)c1cccs1. The largest absolute Gasteiger partial charge is 0.454 e. The highest BCUT2D eigenvalue weighted by molar-refractivity contribution is 7.12. The van der Waals surface area contributed by atoms with Gasteiger partial charge in [-0.3, -0.25) is 24.5 Å². The van der Waals surface area contributed by atoms with E-state index in [2.05, 4.69) is 5.32 Å². The molecule has 1 fully saturated rings. The molecule has 2 heterocycles. The molecule has 8 heteroatoms. The molecule has 0 radical (unpaired) electrons. The second kappa shape index (κ2) is 8.42. The Kier molecular flexibility index (Phi) is 6.28. The van der Waals surface area contributed by atoms with E-state index < -0.39 is 24.4 Å². The summed E-state index contributed by atoms with van der Waals surface area (Å²) in [5, 5.41) is 3.85. The smallest absolute Gasteiger partial charge is 0.326 e. The van der Waals surface area contributed by atoms with Crippen LogP contribution in [0, 0.1) is 0 Å². The number of nitrogens with zero attached hydrogens (tertiary/aromatic N) is 1. The Morgan fingerprint density at radius 2 is 2.09 bits per heavy atom. The van der Waals surface area contributed by atoms with Crippen molar-refractivity contribution < 1.29 is 23.9 Å². The van der Waals surface area contributed by atoms with Crippen LogP contribution in [0.4, 0.5) is 0 Å². The van der Waals surface area contributed by atoms with Gasteiger partial charge >= 0.3 is 5.97 Å². The first-order valence-corrected chi connectivity index (χ1v) is 8.25. The van der Waals surface area contributed by atoms with Crippen LogP contribution in [0.15, 0.2) is 17.5 Å². The lowest BCUT2D eigenvalue weighted by Crippen LogP contribution is -2.38. The average molecular weight is 338 g/mol. The van der Waals surface area contributed by atoms with Gasteiger partial charge in [-0.25, -0.2) is 0 Å². The van der Waals surface area contributed by atoms with Crippen molar-refractivity contribution >= 4 is 35.0 Å². The molecule has 124 valence electrons. The van der Waals surface area contributed by atoms with Crippen LogP contribution in [0.3, 0.4) is 0 Å². The number of likely N-dealkylation sites (tertiary alicyclic amines) is 1. The molecule has 1 aliphatic rings. The van der Waals surface area contributed by atoms with Crippen molar-refractivity contribution in [3.8, 4) is 0 Å². The molecule has 1 aromatic heterocycles. The Morgan fingerprint density at radius 3 is 2.83 bits per heavy atom. The molecular weight excluding hydrogens is 320 g/mol. The number of carbonyl (C=O) groups is 4. The number of imide groups is 1. The summed E-state index contributed by atoms with van der Waals surface area (Å²) < 4.78 is 4.82. The van der Waals surface area contributed by atoms with Gasteiger partial charge in [-0.05, 0) is 24.3 Å². The van der Waals surface area contributed by atoms with E-state index in [1.54, 1.807) is 17.5 Å². The van der Waals surface area contributed by atoms with Gasteiger partial charge in [0.15, 0.2) is 6.61 Å². The molecule has 1 saturated heterocycles. The Morgan fingerprint density at radius 1 is 1.26 bits per heavy atom. The van der Waals surface area contributed by atoms with Crippen LogP contribution in [0.25, 0.3) is 0 Å². The topological polar surface area (TPSA) is 92.8 Å². The summed E-state index contributed by atoms with van der Waals surface area (Å²) in [4.78, 5) is 48.5. The fraction of sp³-hybridized carbons (Fsp3) is 0.467. The van der Waals surface area contributed by atoms with E-state index in [1.165, 1.54) is 16.2 Å². The standard InChI is InChI=1S/C15H18N2O5S/c18-12(16-15(21)11-5-4-8-23-11)10-22-14(20)9-17-7-3-1-2-6-13(17)19/h4-5,8H,1-3,6-7,9-10H2,(H,16,18,21). The van der Waals surface area contributed by atoms with Gasteiger partial charge in [0.2, 0.25) is 5.91 Å². The second-order valence-electron chi connectivity index (χ2n) is 5.14. The lowest BCUT2D eigenvalue weighted by molar-refractivity contribution is -0.152. The number of rotatable bonds is 5. The molecule has 1 N–H and O–H groups in total. The Balaban J connectivity index is 1.72. The molecular formula is C15H18N2O5S. The lowest BCUT2D eigenvalue weighted by Gasteiger charge is -2.19. The number of esters is 1. The summed E-state index contributed by atoms with van der Waals surface area (Å²) in [6.07, 6.45) is 3.08. The number of thiophene rings is 1. The highest BCUT2D eigenvalue weighted by Crippen LogP contribution is 2.11. The minimum Gasteiger partial charge on any atom is -0.454 e. The van der Waals surface area contributed by atoms with Gasteiger partial charge in [0.25, 0.3) is 11.8 Å². The van der Waals surface area contributed by atoms with Crippen molar-refractivity contribution in [3.63, 3.8) is 0 Å². The number of hydrogen-bond acceptors (Lipinski definition) is 6. The summed E-state index contributed by atoms with van der Waals surface area (Å²) in [6.45, 7) is -0.181. The van der Waals surface area contributed by atoms with Gasteiger partial charge in [-0.2, -0.15) is 0 Å². The molecule has 2 rings (SSSR count). The van der Waals surface area contributed by atoms with Gasteiger partial charge in [0.05, 0.1) is 4.88 Å². The highest BCUT2D eigenvalue weighted by Gasteiger charge is 2.20.